The summed E-state index contributed by atoms with van der Waals surface area (Å²) in [4.78, 5) is 23.7. The third-order valence-corrected chi connectivity index (χ3v) is 6.98. The molecule has 1 aliphatic rings. The van der Waals surface area contributed by atoms with Gasteiger partial charge in [0.2, 0.25) is 0 Å². The van der Waals surface area contributed by atoms with Gasteiger partial charge in [-0.2, -0.15) is 0 Å². The van der Waals surface area contributed by atoms with Crippen molar-refractivity contribution in [3.8, 4) is 11.1 Å². The number of pyridine rings is 2. The molecular formula is C31H30F2N6O. The van der Waals surface area contributed by atoms with Gasteiger partial charge in [0.05, 0.1) is 11.9 Å². The van der Waals surface area contributed by atoms with E-state index in [0.717, 1.165) is 27.9 Å². The average Bonchev–Trinajstić information content (AvgIpc) is 2.96. The molecule has 1 aliphatic heterocycles. The first kappa shape index (κ1) is 27.1. The Morgan fingerprint density at radius 2 is 1.73 bits per heavy atom. The number of alkyl halides is 2. The third-order valence-electron chi connectivity index (χ3n) is 6.98. The van der Waals surface area contributed by atoms with Crippen molar-refractivity contribution >= 4 is 23.0 Å². The van der Waals surface area contributed by atoms with E-state index in [1.54, 1.807) is 36.8 Å². The number of hydrogen-bond acceptors (Lipinski definition) is 6. The second-order valence-electron chi connectivity index (χ2n) is 10.0. The van der Waals surface area contributed by atoms with E-state index in [1.807, 2.05) is 53.4 Å². The van der Waals surface area contributed by atoms with E-state index in [0.29, 0.717) is 43.0 Å². The van der Waals surface area contributed by atoms with E-state index in [1.165, 1.54) is 0 Å². The number of anilines is 2. The van der Waals surface area contributed by atoms with Crippen LogP contribution >= 0.6 is 0 Å². The second-order valence-corrected chi connectivity index (χ2v) is 10.0. The molecular weight excluding hydrogens is 510 g/mol. The van der Waals surface area contributed by atoms with E-state index >= 15 is 0 Å². The maximum Gasteiger partial charge on any atom is 0.274 e. The summed E-state index contributed by atoms with van der Waals surface area (Å²) in [6.07, 6.45) is 5.39. The smallest absolute Gasteiger partial charge is 0.274 e. The Morgan fingerprint density at radius 1 is 0.950 bits per heavy atom. The molecule has 2 aromatic heterocycles. The summed E-state index contributed by atoms with van der Waals surface area (Å²) in [5, 5.41) is 11.2. The van der Waals surface area contributed by atoms with Crippen LogP contribution in [-0.2, 0) is 17.8 Å². The maximum absolute atomic E-state index is 13.5. The van der Waals surface area contributed by atoms with E-state index in [9.17, 15) is 13.6 Å². The van der Waals surface area contributed by atoms with E-state index < -0.39 is 11.8 Å². The van der Waals surface area contributed by atoms with Crippen molar-refractivity contribution in [1.29, 1.82) is 5.41 Å². The fourth-order valence-corrected chi connectivity index (χ4v) is 4.70. The number of nitrogens with zero attached hydrogens (tertiary/aromatic N) is 3. The first-order valence-electron chi connectivity index (χ1n) is 13.1. The fraction of sp³-hybridized carbons (Fsp3) is 0.226. The van der Waals surface area contributed by atoms with Gasteiger partial charge in [-0.3, -0.25) is 25.1 Å². The van der Waals surface area contributed by atoms with E-state index in [2.05, 4.69) is 15.3 Å². The average molecular weight is 541 g/mol. The number of nitrogens with two attached hydrogens (primary N) is 1. The van der Waals surface area contributed by atoms with Crippen LogP contribution < -0.4 is 11.1 Å². The van der Waals surface area contributed by atoms with Crippen molar-refractivity contribution < 1.29 is 13.6 Å². The van der Waals surface area contributed by atoms with Gasteiger partial charge >= 0.3 is 0 Å². The van der Waals surface area contributed by atoms with Crippen LogP contribution in [0.3, 0.4) is 0 Å². The Hall–Kier alpha value is -4.50. The number of carbonyl (C=O) groups excluding carboxylic acids is 1. The molecule has 9 heteroatoms. The Kier molecular flexibility index (Phi) is 7.93. The standard InChI is InChI=1S/C31H30F2N6O/c32-31(33)10-12-39(13-11-31)20-22-14-24(18-36-17-22)23-6-9-28(34)27(16-23)29(35)30(40)38-26-8-7-25(37-19-26)15-21-4-2-1-3-5-21/h1-9,14,16-19,35H,10-13,15,20,34H2,(H,38,40). The third kappa shape index (κ3) is 6.73. The van der Waals surface area contributed by atoms with Gasteiger partial charge in [0.25, 0.3) is 11.8 Å². The molecule has 2 aromatic carbocycles. The zero-order valence-electron chi connectivity index (χ0n) is 21.9. The number of aromatic nitrogens is 2. The van der Waals surface area contributed by atoms with Crippen LogP contribution in [0.2, 0.25) is 0 Å². The number of piperidine rings is 1. The zero-order chi connectivity index (χ0) is 28.1. The van der Waals surface area contributed by atoms with E-state index in [4.69, 9.17) is 11.1 Å². The van der Waals surface area contributed by atoms with Crippen molar-refractivity contribution in [2.75, 3.05) is 24.1 Å². The number of benzene rings is 2. The van der Waals surface area contributed by atoms with Gasteiger partial charge in [-0.1, -0.05) is 36.4 Å². The molecule has 7 nitrogen and oxygen atoms in total. The van der Waals surface area contributed by atoms with Crippen LogP contribution in [-0.4, -0.2) is 45.5 Å². The van der Waals surface area contributed by atoms with Crippen molar-refractivity contribution in [2.24, 2.45) is 0 Å². The molecule has 1 fully saturated rings. The summed E-state index contributed by atoms with van der Waals surface area (Å²) in [6.45, 7) is 1.19. The highest BCUT2D eigenvalue weighted by atomic mass is 19.3. The number of likely N-dealkylation sites (tertiary alicyclic amines) is 1. The lowest BCUT2D eigenvalue weighted by atomic mass is 9.99. The highest BCUT2D eigenvalue weighted by molar-refractivity contribution is 6.48. The maximum atomic E-state index is 13.5. The van der Waals surface area contributed by atoms with Gasteiger partial charge in [0.1, 0.15) is 5.71 Å². The van der Waals surface area contributed by atoms with Crippen LogP contribution in [0.15, 0.2) is 85.3 Å². The van der Waals surface area contributed by atoms with Crippen LogP contribution in [0.4, 0.5) is 20.2 Å². The first-order chi connectivity index (χ1) is 19.3. The lowest BCUT2D eigenvalue weighted by Gasteiger charge is -2.31. The summed E-state index contributed by atoms with van der Waals surface area (Å²) in [5.74, 6) is -3.19. The van der Waals surface area contributed by atoms with E-state index in [-0.39, 0.29) is 18.6 Å². The highest BCUT2D eigenvalue weighted by Crippen LogP contribution is 2.29. The Balaban J connectivity index is 1.25. The number of hydrogen-bond donors (Lipinski definition) is 3. The van der Waals surface area contributed by atoms with Gasteiger partial charge in [-0.05, 0) is 47.0 Å². The van der Waals surface area contributed by atoms with Gasteiger partial charge < -0.3 is 11.1 Å². The highest BCUT2D eigenvalue weighted by Gasteiger charge is 2.33. The molecule has 4 N–H and O–H groups in total. The molecule has 0 unspecified atom stereocenters. The fourth-order valence-electron chi connectivity index (χ4n) is 4.70. The summed E-state index contributed by atoms with van der Waals surface area (Å²) < 4.78 is 27.0. The van der Waals surface area contributed by atoms with Gasteiger partial charge in [-0.15, -0.1) is 0 Å². The molecule has 4 aromatic rings. The summed E-state index contributed by atoms with van der Waals surface area (Å²) >= 11 is 0. The molecule has 1 amide bonds. The molecule has 0 spiro atoms. The van der Waals surface area contributed by atoms with Gasteiger partial charge in [0, 0.05) is 73.8 Å². The number of carbonyl (C=O) groups is 1. The van der Waals surface area contributed by atoms with Crippen molar-refractivity contribution in [3.63, 3.8) is 0 Å². The minimum Gasteiger partial charge on any atom is -0.398 e. The molecule has 1 saturated heterocycles. The van der Waals surface area contributed by atoms with Crippen LogP contribution in [0.5, 0.6) is 0 Å². The number of amides is 1. The Morgan fingerprint density at radius 3 is 2.45 bits per heavy atom. The molecule has 0 atom stereocenters. The number of halogens is 2. The number of nitrogen functional groups attached to an aromatic ring is 1. The van der Waals surface area contributed by atoms with Crippen molar-refractivity contribution in [2.45, 2.75) is 31.7 Å². The van der Waals surface area contributed by atoms with Crippen LogP contribution in [0.1, 0.15) is 35.2 Å². The quantitative estimate of drug-likeness (QED) is 0.201. The first-order valence-corrected chi connectivity index (χ1v) is 13.1. The predicted molar refractivity (Wildman–Crippen MR) is 152 cm³/mol. The minimum absolute atomic E-state index is 0.139. The largest absolute Gasteiger partial charge is 0.398 e. The molecule has 0 aliphatic carbocycles. The SMILES string of the molecule is N=C(C(=O)Nc1ccc(Cc2ccccc2)nc1)c1cc(-c2cncc(CN3CCC(F)(F)CC3)c2)ccc1N. The lowest BCUT2D eigenvalue weighted by Crippen LogP contribution is -2.38. The van der Waals surface area contributed by atoms with Gasteiger partial charge in [-0.25, -0.2) is 8.78 Å². The number of nitrogens with one attached hydrogen (secondary N) is 2. The molecule has 0 bridgehead atoms. The molecule has 0 saturated carbocycles. The lowest BCUT2D eigenvalue weighted by molar-refractivity contribution is -0.110. The number of rotatable bonds is 8. The Bertz CT molecular complexity index is 1500. The summed E-state index contributed by atoms with van der Waals surface area (Å²) in [6, 6.07) is 20.7. The topological polar surface area (TPSA) is 108 Å². The summed E-state index contributed by atoms with van der Waals surface area (Å²) in [5.41, 5.74) is 11.4. The van der Waals surface area contributed by atoms with Gasteiger partial charge in [0.15, 0.2) is 0 Å². The molecule has 3 heterocycles. The zero-order valence-corrected chi connectivity index (χ0v) is 21.9. The van der Waals surface area contributed by atoms with Crippen molar-refractivity contribution in [3.05, 3.63) is 108 Å². The Labute approximate surface area is 231 Å². The second kappa shape index (κ2) is 11.7. The predicted octanol–water partition coefficient (Wildman–Crippen LogP) is 5.55. The minimum atomic E-state index is -2.59. The van der Waals surface area contributed by atoms with Crippen LogP contribution in [0.25, 0.3) is 11.1 Å². The van der Waals surface area contributed by atoms with Crippen LogP contribution in [0, 0.1) is 5.41 Å². The molecule has 204 valence electrons. The molecule has 5 rings (SSSR count). The van der Waals surface area contributed by atoms with Crippen molar-refractivity contribution in [1.82, 2.24) is 14.9 Å². The summed E-state index contributed by atoms with van der Waals surface area (Å²) in [7, 11) is 0. The molecule has 40 heavy (non-hydrogen) atoms. The normalized spacial score (nSPS) is 14.9. The monoisotopic (exact) mass is 540 g/mol. The molecule has 0 radical (unpaired) electrons.